The number of aromatic nitrogens is 2. The Labute approximate surface area is 159 Å². The number of hydrogen-bond donors (Lipinski definition) is 1. The van der Waals surface area contributed by atoms with Crippen molar-refractivity contribution in [1.82, 2.24) is 9.97 Å². The maximum Gasteiger partial charge on any atom is 0.223 e. The van der Waals surface area contributed by atoms with Crippen molar-refractivity contribution in [3.63, 3.8) is 0 Å². The van der Waals surface area contributed by atoms with Crippen LogP contribution in [0.3, 0.4) is 0 Å². The number of amides is 1. The Morgan fingerprint density at radius 2 is 2.04 bits per heavy atom. The standard InChI is InChI=1S/C18H19N3O3S2/c1-10-17(26-18(19-10)20-11(2)22)14-9-25-16(21-14)8-12-7-13(23-3)5-6-15(12)24-4/h5-7,9H,8H2,1-4H3,(H,19,20,22). The molecular formula is C18H19N3O3S2. The average Bonchev–Trinajstić information content (AvgIpc) is 3.20. The minimum atomic E-state index is -0.130. The quantitative estimate of drug-likeness (QED) is 0.686. The van der Waals surface area contributed by atoms with Gasteiger partial charge in [-0.25, -0.2) is 9.97 Å². The summed E-state index contributed by atoms with van der Waals surface area (Å²) in [6.45, 7) is 3.39. The summed E-state index contributed by atoms with van der Waals surface area (Å²) in [7, 11) is 3.30. The first-order chi connectivity index (χ1) is 12.5. The Hall–Kier alpha value is -2.45. The predicted molar refractivity (Wildman–Crippen MR) is 105 cm³/mol. The summed E-state index contributed by atoms with van der Waals surface area (Å²) in [6.07, 6.45) is 0.654. The van der Waals surface area contributed by atoms with E-state index in [2.05, 4.69) is 10.3 Å². The fraction of sp³-hybridized carbons (Fsp3) is 0.278. The van der Waals surface area contributed by atoms with E-state index < -0.39 is 0 Å². The largest absolute Gasteiger partial charge is 0.497 e. The van der Waals surface area contributed by atoms with E-state index in [1.165, 1.54) is 18.3 Å². The van der Waals surface area contributed by atoms with Gasteiger partial charge in [-0.3, -0.25) is 4.79 Å². The molecule has 3 aromatic rings. The molecule has 0 unspecified atom stereocenters. The number of carbonyl (C=O) groups excluding carboxylic acids is 1. The molecule has 26 heavy (non-hydrogen) atoms. The van der Waals surface area contributed by atoms with Gasteiger partial charge in [0.2, 0.25) is 5.91 Å². The first-order valence-corrected chi connectivity index (χ1v) is 9.60. The van der Waals surface area contributed by atoms with Crippen molar-refractivity contribution in [2.24, 2.45) is 0 Å². The molecule has 2 aromatic heterocycles. The second kappa shape index (κ2) is 7.84. The van der Waals surface area contributed by atoms with Gasteiger partial charge in [0.15, 0.2) is 5.13 Å². The first-order valence-electron chi connectivity index (χ1n) is 7.91. The molecule has 2 heterocycles. The summed E-state index contributed by atoms with van der Waals surface area (Å²) >= 11 is 3.02. The normalized spacial score (nSPS) is 10.6. The number of ether oxygens (including phenoxy) is 2. The molecule has 136 valence electrons. The van der Waals surface area contributed by atoms with E-state index in [1.807, 2.05) is 30.5 Å². The minimum absolute atomic E-state index is 0.130. The van der Waals surface area contributed by atoms with Gasteiger partial charge in [-0.2, -0.15) is 0 Å². The number of nitrogens with one attached hydrogen (secondary N) is 1. The van der Waals surface area contributed by atoms with Crippen LogP contribution in [-0.4, -0.2) is 30.1 Å². The van der Waals surface area contributed by atoms with E-state index in [-0.39, 0.29) is 5.91 Å². The Morgan fingerprint density at radius 1 is 1.23 bits per heavy atom. The van der Waals surface area contributed by atoms with Crippen molar-refractivity contribution in [3.05, 3.63) is 39.8 Å². The highest BCUT2D eigenvalue weighted by Crippen LogP contribution is 2.34. The third-order valence-corrected chi connectivity index (χ3v) is 5.64. The molecule has 8 heteroatoms. The lowest BCUT2D eigenvalue weighted by Crippen LogP contribution is -2.04. The van der Waals surface area contributed by atoms with Gasteiger partial charge in [-0.1, -0.05) is 11.3 Å². The number of nitrogens with zero attached hydrogens (tertiary/aromatic N) is 2. The van der Waals surface area contributed by atoms with Crippen LogP contribution in [-0.2, 0) is 11.2 Å². The summed E-state index contributed by atoms with van der Waals surface area (Å²) in [5.41, 5.74) is 2.75. The first kappa shape index (κ1) is 18.3. The fourth-order valence-corrected chi connectivity index (χ4v) is 4.37. The topological polar surface area (TPSA) is 73.3 Å². The van der Waals surface area contributed by atoms with Gasteiger partial charge in [0, 0.05) is 24.3 Å². The number of benzene rings is 1. The molecule has 1 amide bonds. The van der Waals surface area contributed by atoms with Gasteiger partial charge < -0.3 is 14.8 Å². The Morgan fingerprint density at radius 3 is 2.73 bits per heavy atom. The van der Waals surface area contributed by atoms with Crippen molar-refractivity contribution >= 4 is 33.7 Å². The van der Waals surface area contributed by atoms with Crippen LogP contribution in [0.2, 0.25) is 0 Å². The molecule has 0 radical (unpaired) electrons. The molecule has 0 aliphatic heterocycles. The zero-order chi connectivity index (χ0) is 18.7. The van der Waals surface area contributed by atoms with Gasteiger partial charge in [-0.15, -0.1) is 11.3 Å². The van der Waals surface area contributed by atoms with Crippen LogP contribution in [0, 0.1) is 6.92 Å². The molecule has 0 fully saturated rings. The van der Waals surface area contributed by atoms with Crippen LogP contribution in [0.1, 0.15) is 23.2 Å². The van der Waals surface area contributed by atoms with Crippen LogP contribution in [0.5, 0.6) is 11.5 Å². The molecule has 6 nitrogen and oxygen atoms in total. The monoisotopic (exact) mass is 389 g/mol. The van der Waals surface area contributed by atoms with E-state index in [0.717, 1.165) is 38.3 Å². The Kier molecular flexibility index (Phi) is 5.53. The molecule has 1 N–H and O–H groups in total. The summed E-state index contributed by atoms with van der Waals surface area (Å²) < 4.78 is 10.7. The third kappa shape index (κ3) is 4.03. The second-order valence-electron chi connectivity index (χ2n) is 5.60. The molecule has 0 saturated carbocycles. The molecular weight excluding hydrogens is 370 g/mol. The molecule has 0 atom stereocenters. The molecule has 0 aliphatic carbocycles. The van der Waals surface area contributed by atoms with E-state index in [4.69, 9.17) is 14.5 Å². The van der Waals surface area contributed by atoms with E-state index in [9.17, 15) is 4.79 Å². The lowest BCUT2D eigenvalue weighted by Gasteiger charge is -2.09. The highest BCUT2D eigenvalue weighted by Gasteiger charge is 2.15. The maximum atomic E-state index is 11.2. The average molecular weight is 390 g/mol. The van der Waals surface area contributed by atoms with E-state index in [1.54, 1.807) is 25.6 Å². The SMILES string of the molecule is COc1ccc(OC)c(Cc2nc(-c3sc(NC(C)=O)nc3C)cs2)c1. The maximum absolute atomic E-state index is 11.2. The number of anilines is 1. The zero-order valence-electron chi connectivity index (χ0n) is 15.0. The number of rotatable bonds is 6. The molecule has 0 saturated heterocycles. The van der Waals surface area contributed by atoms with Crippen molar-refractivity contribution in [2.45, 2.75) is 20.3 Å². The van der Waals surface area contributed by atoms with Gasteiger partial charge in [0.05, 0.1) is 35.5 Å². The van der Waals surface area contributed by atoms with E-state index in [0.29, 0.717) is 11.6 Å². The summed E-state index contributed by atoms with van der Waals surface area (Å²) in [4.78, 5) is 21.3. The number of methoxy groups -OCH3 is 2. The molecule has 0 spiro atoms. The number of aryl methyl sites for hydroxylation is 1. The molecule has 0 bridgehead atoms. The molecule has 3 rings (SSSR count). The van der Waals surface area contributed by atoms with Gasteiger partial charge in [0.25, 0.3) is 0 Å². The van der Waals surface area contributed by atoms with Crippen molar-refractivity contribution in [2.75, 3.05) is 19.5 Å². The van der Waals surface area contributed by atoms with Gasteiger partial charge in [0.1, 0.15) is 11.5 Å². The third-order valence-electron chi connectivity index (χ3n) is 3.69. The highest BCUT2D eigenvalue weighted by molar-refractivity contribution is 7.19. The highest BCUT2D eigenvalue weighted by atomic mass is 32.1. The van der Waals surface area contributed by atoms with Crippen molar-refractivity contribution in [1.29, 1.82) is 0 Å². The lowest BCUT2D eigenvalue weighted by molar-refractivity contribution is -0.114. The minimum Gasteiger partial charge on any atom is -0.497 e. The lowest BCUT2D eigenvalue weighted by atomic mass is 10.1. The number of hydrogen-bond acceptors (Lipinski definition) is 7. The Bertz CT molecular complexity index is 934. The number of thiazole rings is 2. The van der Waals surface area contributed by atoms with Crippen LogP contribution >= 0.6 is 22.7 Å². The van der Waals surface area contributed by atoms with E-state index >= 15 is 0 Å². The van der Waals surface area contributed by atoms with Crippen LogP contribution in [0.4, 0.5) is 5.13 Å². The zero-order valence-corrected chi connectivity index (χ0v) is 16.6. The molecule has 0 aliphatic rings. The fourth-order valence-electron chi connectivity index (χ4n) is 2.52. The number of carbonyl (C=O) groups is 1. The summed E-state index contributed by atoms with van der Waals surface area (Å²) in [6, 6.07) is 5.74. The summed E-state index contributed by atoms with van der Waals surface area (Å²) in [5.74, 6) is 1.47. The van der Waals surface area contributed by atoms with Gasteiger partial charge >= 0.3 is 0 Å². The smallest absolute Gasteiger partial charge is 0.223 e. The Balaban J connectivity index is 1.85. The summed E-state index contributed by atoms with van der Waals surface area (Å²) in [5, 5.41) is 6.30. The molecule has 1 aromatic carbocycles. The van der Waals surface area contributed by atoms with Crippen LogP contribution < -0.4 is 14.8 Å². The van der Waals surface area contributed by atoms with Crippen LogP contribution in [0.15, 0.2) is 23.6 Å². The van der Waals surface area contributed by atoms with Crippen molar-refractivity contribution < 1.29 is 14.3 Å². The van der Waals surface area contributed by atoms with Crippen LogP contribution in [0.25, 0.3) is 10.6 Å². The second-order valence-corrected chi connectivity index (χ2v) is 7.54. The van der Waals surface area contributed by atoms with Crippen molar-refractivity contribution in [3.8, 4) is 22.1 Å². The van der Waals surface area contributed by atoms with Gasteiger partial charge in [-0.05, 0) is 25.1 Å². The predicted octanol–water partition coefficient (Wildman–Crippen LogP) is 4.14.